The molecule has 0 saturated heterocycles. The minimum absolute atomic E-state index is 0. The van der Waals surface area contributed by atoms with Crippen LogP contribution < -0.4 is 29.6 Å². The third-order valence-corrected chi connectivity index (χ3v) is 3.23. The molecule has 0 saturated carbocycles. The zero-order chi connectivity index (χ0) is 12.6. The van der Waals surface area contributed by atoms with Gasteiger partial charge in [-0.05, 0) is 29.0 Å². The molecule has 0 heterocycles. The molecule has 0 aromatic heterocycles. The second kappa shape index (κ2) is 5.38. The van der Waals surface area contributed by atoms with Gasteiger partial charge in [0.05, 0.1) is 10.5 Å². The largest absolute Gasteiger partial charge is 1.00 e. The molecule has 2 N–H and O–H groups in total. The van der Waals surface area contributed by atoms with Crippen LogP contribution in [0.3, 0.4) is 0 Å². The second-order valence-corrected chi connectivity index (χ2v) is 4.89. The van der Waals surface area contributed by atoms with Crippen LogP contribution in [-0.4, -0.2) is 24.0 Å². The summed E-state index contributed by atoms with van der Waals surface area (Å²) in [4.78, 5) is 10.7. The fraction of sp³-hybridized carbons (Fsp3) is 0. The van der Waals surface area contributed by atoms with Gasteiger partial charge >= 0.3 is 35.5 Å². The van der Waals surface area contributed by atoms with Crippen molar-refractivity contribution in [2.24, 2.45) is 0 Å². The van der Waals surface area contributed by atoms with Gasteiger partial charge in [-0.1, -0.05) is 18.2 Å². The summed E-state index contributed by atoms with van der Waals surface area (Å²) in [5, 5.41) is 9.81. The Morgan fingerprint density at radius 2 is 1.83 bits per heavy atom. The maximum Gasteiger partial charge on any atom is 1.00 e. The molecule has 2 rings (SSSR count). The first-order chi connectivity index (χ1) is 7.89. The standard InChI is InChI=1S/C11H8O5S.Na.H/c12-11(13)10-3-1-2-7-6-8(17(14,15)16)4-5-9(7)10;;/h1-6H,(H,12,13)(H,14,15,16);;/q;+1;-1. The Bertz CT molecular complexity index is 714. The van der Waals surface area contributed by atoms with Gasteiger partial charge in [-0.15, -0.1) is 0 Å². The van der Waals surface area contributed by atoms with E-state index in [1.165, 1.54) is 30.3 Å². The molecule has 0 bridgehead atoms. The smallest absolute Gasteiger partial charge is 1.00 e. The quantitative estimate of drug-likeness (QED) is 0.537. The van der Waals surface area contributed by atoms with Crippen LogP contribution in [0.15, 0.2) is 41.3 Å². The topological polar surface area (TPSA) is 91.7 Å². The first-order valence-corrected chi connectivity index (χ1v) is 6.07. The van der Waals surface area contributed by atoms with E-state index in [9.17, 15) is 13.2 Å². The molecule has 0 radical (unpaired) electrons. The monoisotopic (exact) mass is 276 g/mol. The van der Waals surface area contributed by atoms with Crippen LogP contribution in [0.4, 0.5) is 0 Å². The molecule has 0 aliphatic carbocycles. The van der Waals surface area contributed by atoms with Gasteiger partial charge in [0.25, 0.3) is 10.1 Å². The predicted octanol–water partition coefficient (Wildman–Crippen LogP) is -1.10. The Kier molecular flexibility index (Phi) is 4.52. The average molecular weight is 276 g/mol. The van der Waals surface area contributed by atoms with Gasteiger partial charge in [-0.25, -0.2) is 4.79 Å². The molecular weight excluding hydrogens is 267 g/mol. The van der Waals surface area contributed by atoms with Crippen LogP contribution in [0.25, 0.3) is 10.8 Å². The van der Waals surface area contributed by atoms with Crippen molar-refractivity contribution >= 4 is 26.9 Å². The molecule has 0 fully saturated rings. The van der Waals surface area contributed by atoms with Crippen LogP contribution in [0, 0.1) is 0 Å². The van der Waals surface area contributed by atoms with Crippen LogP contribution in [0.2, 0.25) is 0 Å². The van der Waals surface area contributed by atoms with E-state index in [-0.39, 0.29) is 41.4 Å². The van der Waals surface area contributed by atoms with Gasteiger partial charge in [0.2, 0.25) is 0 Å². The fourth-order valence-corrected chi connectivity index (χ4v) is 2.12. The summed E-state index contributed by atoms with van der Waals surface area (Å²) < 4.78 is 30.8. The summed E-state index contributed by atoms with van der Waals surface area (Å²) in [7, 11) is -4.27. The first-order valence-electron chi connectivity index (χ1n) is 4.63. The van der Waals surface area contributed by atoms with E-state index in [2.05, 4.69) is 0 Å². The second-order valence-electron chi connectivity index (χ2n) is 3.47. The summed E-state index contributed by atoms with van der Waals surface area (Å²) in [6, 6.07) is 8.29. The van der Waals surface area contributed by atoms with Gasteiger partial charge in [0, 0.05) is 0 Å². The molecule has 0 aliphatic rings. The van der Waals surface area contributed by atoms with Crippen molar-refractivity contribution in [1.29, 1.82) is 0 Å². The number of rotatable bonds is 2. The summed E-state index contributed by atoms with van der Waals surface area (Å²) in [6.07, 6.45) is 0. The Morgan fingerprint density at radius 1 is 1.17 bits per heavy atom. The molecule has 7 heteroatoms. The molecule has 0 aliphatic heterocycles. The van der Waals surface area contributed by atoms with E-state index in [4.69, 9.17) is 9.66 Å². The van der Waals surface area contributed by atoms with E-state index in [1.54, 1.807) is 6.07 Å². The Labute approximate surface area is 127 Å². The third-order valence-electron chi connectivity index (χ3n) is 2.38. The van der Waals surface area contributed by atoms with Crippen molar-refractivity contribution in [2.45, 2.75) is 4.90 Å². The Morgan fingerprint density at radius 3 is 2.39 bits per heavy atom. The molecule has 0 unspecified atom stereocenters. The average Bonchev–Trinajstić information content (AvgIpc) is 2.26. The molecule has 0 amide bonds. The molecule has 18 heavy (non-hydrogen) atoms. The minimum Gasteiger partial charge on any atom is -1.00 e. The number of hydrogen-bond acceptors (Lipinski definition) is 3. The van der Waals surface area contributed by atoms with Crippen molar-refractivity contribution in [3.8, 4) is 0 Å². The molecule has 2 aromatic carbocycles. The summed E-state index contributed by atoms with van der Waals surface area (Å²) in [5.74, 6) is -1.09. The maximum absolute atomic E-state index is 10.9. The van der Waals surface area contributed by atoms with E-state index in [0.717, 1.165) is 0 Å². The number of carbonyl (C=O) groups is 1. The number of fused-ring (bicyclic) bond motifs is 1. The number of hydrogen-bond donors (Lipinski definition) is 2. The SMILES string of the molecule is O=C(O)c1cccc2cc(S(=O)(=O)O)ccc12.[H-].[Na+]. The van der Waals surface area contributed by atoms with Crippen molar-refractivity contribution in [1.82, 2.24) is 0 Å². The van der Waals surface area contributed by atoms with E-state index in [1.807, 2.05) is 0 Å². The fourth-order valence-electron chi connectivity index (χ4n) is 1.61. The Hall–Kier alpha value is -0.920. The van der Waals surface area contributed by atoms with Crippen molar-refractivity contribution in [3.05, 3.63) is 42.0 Å². The van der Waals surface area contributed by atoms with Crippen LogP contribution in [0.5, 0.6) is 0 Å². The van der Waals surface area contributed by atoms with E-state index >= 15 is 0 Å². The molecule has 0 atom stereocenters. The van der Waals surface area contributed by atoms with Crippen LogP contribution >= 0.6 is 0 Å². The number of carboxylic acid groups (broad SMARTS) is 1. The summed E-state index contributed by atoms with van der Waals surface area (Å²) >= 11 is 0. The van der Waals surface area contributed by atoms with Gasteiger partial charge in [0.1, 0.15) is 0 Å². The van der Waals surface area contributed by atoms with Gasteiger partial charge < -0.3 is 6.53 Å². The molecule has 2 aromatic rings. The summed E-state index contributed by atoms with van der Waals surface area (Å²) in [5.41, 5.74) is 0.0874. The molecule has 5 nitrogen and oxygen atoms in total. The Balaban J connectivity index is 0.00000162. The van der Waals surface area contributed by atoms with Gasteiger partial charge in [0.15, 0.2) is 0 Å². The van der Waals surface area contributed by atoms with Crippen molar-refractivity contribution in [3.63, 3.8) is 0 Å². The van der Waals surface area contributed by atoms with E-state index < -0.39 is 16.1 Å². The minimum atomic E-state index is -4.27. The summed E-state index contributed by atoms with van der Waals surface area (Å²) in [6.45, 7) is 0. The van der Waals surface area contributed by atoms with Crippen LogP contribution in [-0.2, 0) is 10.1 Å². The van der Waals surface area contributed by atoms with Crippen LogP contribution in [0.1, 0.15) is 11.8 Å². The molecular formula is C11H9NaO5S. The number of carboxylic acids is 1. The van der Waals surface area contributed by atoms with Gasteiger partial charge in [-0.3, -0.25) is 4.55 Å². The normalized spacial score (nSPS) is 10.9. The maximum atomic E-state index is 10.9. The molecule has 90 valence electrons. The molecule has 0 spiro atoms. The van der Waals surface area contributed by atoms with E-state index in [0.29, 0.717) is 10.8 Å². The zero-order valence-electron chi connectivity index (χ0n) is 10.5. The first kappa shape index (κ1) is 15.1. The number of benzene rings is 2. The number of aromatic carboxylic acids is 1. The van der Waals surface area contributed by atoms with Crippen molar-refractivity contribution in [2.75, 3.05) is 0 Å². The van der Waals surface area contributed by atoms with Crippen molar-refractivity contribution < 1.29 is 53.9 Å². The van der Waals surface area contributed by atoms with Gasteiger partial charge in [-0.2, -0.15) is 8.42 Å². The third kappa shape index (κ3) is 2.90. The predicted molar refractivity (Wildman–Crippen MR) is 61.8 cm³/mol. The zero-order valence-corrected chi connectivity index (χ0v) is 12.3.